The number of aryl methyl sites for hydroxylation is 2. The minimum atomic E-state index is 0.130. The molecule has 25 heavy (non-hydrogen) atoms. The summed E-state index contributed by atoms with van der Waals surface area (Å²) in [7, 11) is 0. The Morgan fingerprint density at radius 2 is 1.68 bits per heavy atom. The molecule has 2 amide bonds. The van der Waals surface area contributed by atoms with E-state index in [-0.39, 0.29) is 17.9 Å². The topological polar surface area (TPSA) is 66.4 Å². The number of nitrogens with zero attached hydrogens (tertiary/aromatic N) is 4. The third kappa shape index (κ3) is 4.71. The molecule has 2 aliphatic rings. The highest BCUT2D eigenvalue weighted by Gasteiger charge is 2.38. The number of aromatic nitrogens is 2. The van der Waals surface area contributed by atoms with Crippen LogP contribution < -0.4 is 0 Å². The average molecular weight is 362 g/mol. The molecule has 136 valence electrons. The van der Waals surface area contributed by atoms with Crippen molar-refractivity contribution in [3.63, 3.8) is 0 Å². The molecule has 1 saturated heterocycles. The Morgan fingerprint density at radius 1 is 1.12 bits per heavy atom. The lowest BCUT2D eigenvalue weighted by molar-refractivity contribution is -0.134. The first kappa shape index (κ1) is 18.2. The molecule has 6 nitrogen and oxygen atoms in total. The number of likely N-dealkylation sites (tertiary alicyclic amines) is 1. The van der Waals surface area contributed by atoms with Gasteiger partial charge in [0.15, 0.2) is 5.16 Å². The van der Waals surface area contributed by atoms with E-state index < -0.39 is 0 Å². The summed E-state index contributed by atoms with van der Waals surface area (Å²) in [6.07, 6.45) is 3.96. The Kier molecular flexibility index (Phi) is 5.61. The molecule has 1 saturated carbocycles. The van der Waals surface area contributed by atoms with Crippen LogP contribution >= 0.6 is 11.8 Å². The zero-order valence-electron chi connectivity index (χ0n) is 15.2. The molecule has 0 N–H and O–H groups in total. The van der Waals surface area contributed by atoms with E-state index in [4.69, 9.17) is 0 Å². The van der Waals surface area contributed by atoms with E-state index in [1.165, 1.54) is 11.8 Å². The lowest BCUT2D eigenvalue weighted by Crippen LogP contribution is -2.49. The first-order chi connectivity index (χ1) is 11.9. The van der Waals surface area contributed by atoms with Crippen molar-refractivity contribution in [1.82, 2.24) is 19.8 Å². The third-order valence-corrected chi connectivity index (χ3v) is 5.65. The molecular weight excluding hydrogens is 336 g/mol. The normalized spacial score (nSPS) is 18.3. The van der Waals surface area contributed by atoms with Gasteiger partial charge < -0.3 is 9.80 Å². The van der Waals surface area contributed by atoms with Gasteiger partial charge in [0.25, 0.3) is 0 Å². The average Bonchev–Trinajstić information content (AvgIpc) is 3.37. The molecule has 1 aliphatic carbocycles. The van der Waals surface area contributed by atoms with Crippen molar-refractivity contribution in [2.45, 2.75) is 63.7 Å². The summed E-state index contributed by atoms with van der Waals surface area (Å²) in [5, 5.41) is 0.674. The van der Waals surface area contributed by atoms with E-state index in [9.17, 15) is 9.59 Å². The van der Waals surface area contributed by atoms with Gasteiger partial charge in [-0.15, -0.1) is 0 Å². The Balaban J connectivity index is 1.59. The van der Waals surface area contributed by atoms with Crippen molar-refractivity contribution < 1.29 is 9.59 Å². The molecule has 1 aromatic rings. The van der Waals surface area contributed by atoms with E-state index in [1.54, 1.807) is 6.92 Å². The fourth-order valence-electron chi connectivity index (χ4n) is 3.48. The highest BCUT2D eigenvalue weighted by atomic mass is 32.2. The van der Waals surface area contributed by atoms with Gasteiger partial charge in [0, 0.05) is 43.5 Å². The van der Waals surface area contributed by atoms with Crippen molar-refractivity contribution in [3.05, 3.63) is 17.5 Å². The number of hydrogen-bond donors (Lipinski definition) is 0. The number of rotatable bonds is 5. The predicted octanol–water partition coefficient (Wildman–Crippen LogP) is 2.19. The molecule has 7 heteroatoms. The van der Waals surface area contributed by atoms with E-state index in [2.05, 4.69) is 14.9 Å². The lowest BCUT2D eigenvalue weighted by Gasteiger charge is -2.38. The second-order valence-corrected chi connectivity index (χ2v) is 7.93. The Morgan fingerprint density at radius 3 is 2.20 bits per heavy atom. The fourth-order valence-corrected chi connectivity index (χ4v) is 4.29. The molecule has 0 radical (unpaired) electrons. The highest BCUT2D eigenvalue weighted by molar-refractivity contribution is 7.99. The Bertz CT molecular complexity index is 634. The largest absolute Gasteiger partial charge is 0.343 e. The zero-order chi connectivity index (χ0) is 18.0. The van der Waals surface area contributed by atoms with Crippen molar-refractivity contribution >= 4 is 23.6 Å². The molecule has 0 unspecified atom stereocenters. The summed E-state index contributed by atoms with van der Waals surface area (Å²) in [6.45, 7) is 7.01. The third-order valence-electron chi connectivity index (χ3n) is 4.82. The number of hydrogen-bond acceptors (Lipinski definition) is 5. The van der Waals surface area contributed by atoms with Gasteiger partial charge in [-0.25, -0.2) is 9.97 Å². The van der Waals surface area contributed by atoms with Gasteiger partial charge in [-0.05, 0) is 45.6 Å². The molecule has 2 heterocycles. The van der Waals surface area contributed by atoms with Gasteiger partial charge in [0.1, 0.15) is 0 Å². The minimum Gasteiger partial charge on any atom is -0.343 e. The zero-order valence-corrected chi connectivity index (χ0v) is 16.0. The molecule has 0 atom stereocenters. The van der Waals surface area contributed by atoms with Crippen LogP contribution in [0.25, 0.3) is 0 Å². The lowest BCUT2D eigenvalue weighted by atomic mass is 10.0. The van der Waals surface area contributed by atoms with E-state index >= 15 is 0 Å². The highest BCUT2D eigenvalue weighted by Crippen LogP contribution is 2.33. The summed E-state index contributed by atoms with van der Waals surface area (Å²) in [6, 6.07) is 2.59. The first-order valence-corrected chi connectivity index (χ1v) is 9.94. The Labute approximate surface area is 153 Å². The summed E-state index contributed by atoms with van der Waals surface area (Å²) in [5.41, 5.74) is 1.86. The summed E-state index contributed by atoms with van der Waals surface area (Å²) < 4.78 is 0. The van der Waals surface area contributed by atoms with Gasteiger partial charge in [0.05, 0.1) is 5.75 Å². The van der Waals surface area contributed by atoms with Crippen LogP contribution in [0.15, 0.2) is 11.2 Å². The van der Waals surface area contributed by atoms with E-state index in [0.29, 0.717) is 17.0 Å². The number of piperidine rings is 1. The van der Waals surface area contributed by atoms with Gasteiger partial charge in [0.2, 0.25) is 11.8 Å². The quantitative estimate of drug-likeness (QED) is 0.593. The molecule has 0 bridgehead atoms. The van der Waals surface area contributed by atoms with Crippen LogP contribution in [0.1, 0.15) is 44.0 Å². The Hall–Kier alpha value is -1.63. The SMILES string of the molecule is CC(=O)N1CCC(N(C(=O)CSc2nc(C)cc(C)n2)C2CC2)CC1. The molecule has 0 spiro atoms. The number of carbonyl (C=O) groups is 2. The van der Waals surface area contributed by atoms with Crippen LogP contribution in [0, 0.1) is 13.8 Å². The second-order valence-electron chi connectivity index (χ2n) is 6.99. The maximum atomic E-state index is 12.9. The number of thioether (sulfide) groups is 1. The fraction of sp³-hybridized carbons (Fsp3) is 0.667. The van der Waals surface area contributed by atoms with Crippen LogP contribution in [-0.4, -0.2) is 62.5 Å². The van der Waals surface area contributed by atoms with Crippen LogP contribution in [0.3, 0.4) is 0 Å². The first-order valence-electron chi connectivity index (χ1n) is 8.96. The van der Waals surface area contributed by atoms with E-state index in [1.807, 2.05) is 24.8 Å². The van der Waals surface area contributed by atoms with Gasteiger partial charge in [-0.1, -0.05) is 11.8 Å². The molecule has 3 rings (SSSR count). The monoisotopic (exact) mass is 362 g/mol. The summed E-state index contributed by atoms with van der Waals surface area (Å²) in [4.78, 5) is 37.1. The smallest absolute Gasteiger partial charge is 0.233 e. The molecule has 2 fully saturated rings. The van der Waals surface area contributed by atoms with Crippen molar-refractivity contribution in [3.8, 4) is 0 Å². The maximum absolute atomic E-state index is 12.9. The molecule has 1 aromatic heterocycles. The van der Waals surface area contributed by atoms with Crippen molar-refractivity contribution in [1.29, 1.82) is 0 Å². The molecule has 1 aliphatic heterocycles. The predicted molar refractivity (Wildman–Crippen MR) is 97.4 cm³/mol. The summed E-state index contributed by atoms with van der Waals surface area (Å²) in [5.74, 6) is 0.688. The van der Waals surface area contributed by atoms with Crippen LogP contribution in [0.2, 0.25) is 0 Å². The minimum absolute atomic E-state index is 0.130. The number of amides is 2. The van der Waals surface area contributed by atoms with Gasteiger partial charge in [-0.3, -0.25) is 9.59 Å². The van der Waals surface area contributed by atoms with Crippen LogP contribution in [0.4, 0.5) is 0 Å². The molecule has 0 aromatic carbocycles. The van der Waals surface area contributed by atoms with Crippen molar-refractivity contribution in [2.75, 3.05) is 18.8 Å². The van der Waals surface area contributed by atoms with Crippen molar-refractivity contribution in [2.24, 2.45) is 0 Å². The number of carbonyl (C=O) groups excluding carboxylic acids is 2. The van der Waals surface area contributed by atoms with E-state index in [0.717, 1.165) is 50.2 Å². The maximum Gasteiger partial charge on any atom is 0.233 e. The van der Waals surface area contributed by atoms with Crippen LogP contribution in [0.5, 0.6) is 0 Å². The van der Waals surface area contributed by atoms with Crippen LogP contribution in [-0.2, 0) is 9.59 Å². The van der Waals surface area contributed by atoms with Gasteiger partial charge in [-0.2, -0.15) is 0 Å². The van der Waals surface area contributed by atoms with Gasteiger partial charge >= 0.3 is 0 Å². The molecular formula is C18H26N4O2S. The second kappa shape index (κ2) is 7.72. The summed E-state index contributed by atoms with van der Waals surface area (Å²) >= 11 is 1.42. The standard InChI is InChI=1S/C18H26N4O2S/c1-12-10-13(2)20-18(19-12)25-11-17(24)22(15-4-5-15)16-6-8-21(9-7-16)14(3)23/h10,15-16H,4-9,11H2,1-3H3.